The summed E-state index contributed by atoms with van der Waals surface area (Å²) in [5, 5.41) is 2.73. The van der Waals surface area contributed by atoms with Gasteiger partial charge in [-0.25, -0.2) is 9.97 Å². The summed E-state index contributed by atoms with van der Waals surface area (Å²) in [6.45, 7) is 2.59. The molecule has 0 aliphatic carbocycles. The van der Waals surface area contributed by atoms with Crippen molar-refractivity contribution in [2.45, 2.75) is 13.3 Å². The molecule has 0 fully saturated rings. The van der Waals surface area contributed by atoms with Crippen molar-refractivity contribution in [1.29, 1.82) is 0 Å². The van der Waals surface area contributed by atoms with Gasteiger partial charge in [0.15, 0.2) is 5.69 Å². The monoisotopic (exact) mass is 246 g/mol. The molecule has 0 bridgehead atoms. The fourth-order valence-electron chi connectivity index (χ4n) is 1.42. The molecule has 1 amide bonds. The van der Waals surface area contributed by atoms with Crippen molar-refractivity contribution in [3.63, 3.8) is 0 Å². The zero-order chi connectivity index (χ0) is 13.0. The smallest absolute Gasteiger partial charge is 0.273 e. The van der Waals surface area contributed by atoms with E-state index in [0.717, 1.165) is 6.42 Å². The summed E-state index contributed by atoms with van der Waals surface area (Å²) in [7, 11) is 0. The number of hydrogen-bond acceptors (Lipinski definition) is 5. The van der Waals surface area contributed by atoms with Crippen LogP contribution in [0.25, 0.3) is 11.5 Å². The molecule has 2 aromatic heterocycles. The minimum atomic E-state index is -0.242. The van der Waals surface area contributed by atoms with E-state index in [-0.39, 0.29) is 11.6 Å². The Labute approximate surface area is 104 Å². The molecule has 0 aliphatic rings. The molecular formula is C12H14N4O2. The summed E-state index contributed by atoms with van der Waals surface area (Å²) >= 11 is 0. The summed E-state index contributed by atoms with van der Waals surface area (Å²) in [6.07, 6.45) is 3.76. The summed E-state index contributed by atoms with van der Waals surface area (Å²) in [6, 6.07) is 3.36. The number of amides is 1. The molecule has 3 N–H and O–H groups in total. The largest absolute Gasteiger partial charge is 0.444 e. The molecule has 18 heavy (non-hydrogen) atoms. The molecule has 0 saturated carbocycles. The molecule has 0 atom stereocenters. The van der Waals surface area contributed by atoms with Crippen molar-refractivity contribution in [3.8, 4) is 11.5 Å². The van der Waals surface area contributed by atoms with E-state index in [1.54, 1.807) is 18.3 Å². The number of nitrogens with one attached hydrogen (secondary N) is 1. The van der Waals surface area contributed by atoms with Gasteiger partial charge in [0, 0.05) is 18.3 Å². The molecule has 2 rings (SSSR count). The number of hydrogen-bond donors (Lipinski definition) is 2. The third-order valence-corrected chi connectivity index (χ3v) is 2.30. The number of nitrogens with two attached hydrogens (primary N) is 1. The van der Waals surface area contributed by atoms with E-state index in [1.807, 2.05) is 6.92 Å². The highest BCUT2D eigenvalue weighted by Crippen LogP contribution is 2.19. The van der Waals surface area contributed by atoms with Gasteiger partial charge in [0.05, 0.1) is 0 Å². The Balaban J connectivity index is 2.17. The highest BCUT2D eigenvalue weighted by atomic mass is 16.3. The van der Waals surface area contributed by atoms with Gasteiger partial charge in [0.2, 0.25) is 5.89 Å². The van der Waals surface area contributed by atoms with Crippen molar-refractivity contribution < 1.29 is 9.21 Å². The Hall–Kier alpha value is -2.37. The highest BCUT2D eigenvalue weighted by Gasteiger charge is 2.12. The van der Waals surface area contributed by atoms with Gasteiger partial charge in [0.25, 0.3) is 5.91 Å². The Kier molecular flexibility index (Phi) is 3.57. The lowest BCUT2D eigenvalue weighted by Crippen LogP contribution is -2.24. The number of carbonyl (C=O) groups excluding carboxylic acids is 1. The predicted octanol–water partition coefficient (Wildman–Crippen LogP) is 1.46. The van der Waals surface area contributed by atoms with E-state index in [0.29, 0.717) is 23.8 Å². The molecule has 6 nitrogen and oxygen atoms in total. The van der Waals surface area contributed by atoms with Crippen LogP contribution in [0.15, 0.2) is 29.0 Å². The molecule has 0 radical (unpaired) electrons. The van der Waals surface area contributed by atoms with E-state index < -0.39 is 0 Å². The standard InChI is InChI=1S/C12H14N4O2/c1-2-4-15-11(17)9-7-18-12(16-9)8-3-5-14-10(13)6-8/h3,5-7H,2,4H2,1H3,(H2,13,14)(H,15,17). The first-order valence-electron chi connectivity index (χ1n) is 5.66. The molecule has 0 spiro atoms. The fraction of sp³-hybridized carbons (Fsp3) is 0.250. The molecule has 94 valence electrons. The van der Waals surface area contributed by atoms with Crippen molar-refractivity contribution >= 4 is 11.7 Å². The number of anilines is 1. The van der Waals surface area contributed by atoms with Crippen LogP contribution < -0.4 is 11.1 Å². The maximum Gasteiger partial charge on any atom is 0.273 e. The van der Waals surface area contributed by atoms with E-state index >= 15 is 0 Å². The fourth-order valence-corrected chi connectivity index (χ4v) is 1.42. The van der Waals surface area contributed by atoms with Gasteiger partial charge in [-0.15, -0.1) is 0 Å². The van der Waals surface area contributed by atoms with E-state index in [1.165, 1.54) is 6.26 Å². The second-order valence-corrected chi connectivity index (χ2v) is 3.76. The quantitative estimate of drug-likeness (QED) is 0.851. The van der Waals surface area contributed by atoms with Gasteiger partial charge in [-0.3, -0.25) is 4.79 Å². The third-order valence-electron chi connectivity index (χ3n) is 2.30. The predicted molar refractivity (Wildman–Crippen MR) is 66.8 cm³/mol. The summed E-state index contributed by atoms with van der Waals surface area (Å²) in [5.74, 6) is 0.488. The Morgan fingerprint density at radius 3 is 3.11 bits per heavy atom. The average Bonchev–Trinajstić information content (AvgIpc) is 2.85. The maximum absolute atomic E-state index is 11.6. The lowest BCUT2D eigenvalue weighted by atomic mass is 10.2. The van der Waals surface area contributed by atoms with Gasteiger partial charge < -0.3 is 15.5 Å². The van der Waals surface area contributed by atoms with Crippen LogP contribution >= 0.6 is 0 Å². The number of nitrogen functional groups attached to an aromatic ring is 1. The topological polar surface area (TPSA) is 94.0 Å². The minimum absolute atomic E-state index is 0.242. The summed E-state index contributed by atoms with van der Waals surface area (Å²) in [4.78, 5) is 19.6. The van der Waals surface area contributed by atoms with Gasteiger partial charge in [-0.1, -0.05) is 6.92 Å². The second kappa shape index (κ2) is 5.31. The van der Waals surface area contributed by atoms with Gasteiger partial charge >= 0.3 is 0 Å². The van der Waals surface area contributed by atoms with E-state index in [4.69, 9.17) is 10.2 Å². The minimum Gasteiger partial charge on any atom is -0.444 e. The highest BCUT2D eigenvalue weighted by molar-refractivity contribution is 5.92. The number of pyridine rings is 1. The van der Waals surface area contributed by atoms with Crippen LogP contribution in [0.1, 0.15) is 23.8 Å². The Morgan fingerprint density at radius 2 is 2.39 bits per heavy atom. The van der Waals surface area contributed by atoms with Crippen LogP contribution in [-0.4, -0.2) is 22.4 Å². The van der Waals surface area contributed by atoms with Gasteiger partial charge in [-0.05, 0) is 18.6 Å². The lowest BCUT2D eigenvalue weighted by molar-refractivity contribution is 0.0948. The normalized spacial score (nSPS) is 10.3. The van der Waals surface area contributed by atoms with Crippen molar-refractivity contribution in [3.05, 3.63) is 30.3 Å². The number of nitrogens with zero attached hydrogens (tertiary/aromatic N) is 2. The van der Waals surface area contributed by atoms with Crippen molar-refractivity contribution in [2.24, 2.45) is 0 Å². The van der Waals surface area contributed by atoms with Gasteiger partial charge in [0.1, 0.15) is 12.1 Å². The first-order valence-corrected chi connectivity index (χ1v) is 5.66. The average molecular weight is 246 g/mol. The molecule has 0 aliphatic heterocycles. The summed E-state index contributed by atoms with van der Waals surface area (Å²) in [5.41, 5.74) is 6.52. The molecule has 2 aromatic rings. The molecular weight excluding hydrogens is 232 g/mol. The number of oxazole rings is 1. The first-order chi connectivity index (χ1) is 8.70. The zero-order valence-corrected chi connectivity index (χ0v) is 10.0. The van der Waals surface area contributed by atoms with Crippen LogP contribution in [0.4, 0.5) is 5.82 Å². The molecule has 0 aromatic carbocycles. The second-order valence-electron chi connectivity index (χ2n) is 3.76. The van der Waals surface area contributed by atoms with Crippen LogP contribution in [-0.2, 0) is 0 Å². The van der Waals surface area contributed by atoms with Crippen molar-refractivity contribution in [2.75, 3.05) is 12.3 Å². The molecule has 2 heterocycles. The number of rotatable bonds is 4. The number of aromatic nitrogens is 2. The van der Waals surface area contributed by atoms with E-state index in [2.05, 4.69) is 15.3 Å². The molecule has 0 saturated heterocycles. The first kappa shape index (κ1) is 12.1. The molecule has 6 heteroatoms. The van der Waals surface area contributed by atoms with Crippen LogP contribution in [0.5, 0.6) is 0 Å². The van der Waals surface area contributed by atoms with Crippen LogP contribution in [0.2, 0.25) is 0 Å². The lowest BCUT2D eigenvalue weighted by Gasteiger charge is -1.98. The summed E-state index contributed by atoms with van der Waals surface area (Å²) < 4.78 is 5.25. The maximum atomic E-state index is 11.6. The molecule has 0 unspecified atom stereocenters. The number of carbonyl (C=O) groups is 1. The van der Waals surface area contributed by atoms with Crippen molar-refractivity contribution in [1.82, 2.24) is 15.3 Å². The third kappa shape index (κ3) is 2.65. The van der Waals surface area contributed by atoms with E-state index in [9.17, 15) is 4.79 Å². The Morgan fingerprint density at radius 1 is 1.56 bits per heavy atom. The SMILES string of the molecule is CCCNC(=O)c1coc(-c2ccnc(N)c2)n1. The van der Waals surface area contributed by atoms with Crippen LogP contribution in [0, 0.1) is 0 Å². The van der Waals surface area contributed by atoms with Gasteiger partial charge in [-0.2, -0.15) is 0 Å². The Bertz CT molecular complexity index is 551. The zero-order valence-electron chi connectivity index (χ0n) is 10.0. The van der Waals surface area contributed by atoms with Crippen LogP contribution in [0.3, 0.4) is 0 Å².